The Bertz CT molecular complexity index is 485. The second kappa shape index (κ2) is 5.37. The lowest BCUT2D eigenvalue weighted by Gasteiger charge is -2.24. The highest BCUT2D eigenvalue weighted by molar-refractivity contribution is 5.98. The van der Waals surface area contributed by atoms with Crippen LogP contribution in [0.4, 0.5) is 0 Å². The Morgan fingerprint density at radius 3 is 3.17 bits per heavy atom. The molecule has 2 heterocycles. The minimum absolute atomic E-state index is 0.420. The standard InChI is InChI=1S/C11H13N5O2/c1-7-10(17)9(11(18)16-14-7)15-13-6-8-3-2-4-12-5-8/h2-6,9-10,15,17H,1H3,(H,16,18)/b13-6+. The highest BCUT2D eigenvalue weighted by Gasteiger charge is 2.32. The van der Waals surface area contributed by atoms with Crippen LogP contribution in [-0.4, -0.2) is 40.1 Å². The monoisotopic (exact) mass is 247 g/mol. The SMILES string of the molecule is CC1=NNC(=O)C(N/N=C/c2cccnc2)C1O. The molecule has 2 atom stereocenters. The number of hydrogen-bond donors (Lipinski definition) is 3. The largest absolute Gasteiger partial charge is 0.384 e. The van der Waals surface area contributed by atoms with Crippen molar-refractivity contribution < 1.29 is 9.90 Å². The molecule has 0 fully saturated rings. The molecule has 0 saturated heterocycles. The van der Waals surface area contributed by atoms with Crippen LogP contribution in [0, 0.1) is 0 Å². The van der Waals surface area contributed by atoms with Crippen LogP contribution in [0.1, 0.15) is 12.5 Å². The Hall–Kier alpha value is -2.28. The van der Waals surface area contributed by atoms with Gasteiger partial charge in [-0.05, 0) is 13.0 Å². The van der Waals surface area contributed by atoms with E-state index in [0.717, 1.165) is 5.56 Å². The van der Waals surface area contributed by atoms with Crippen molar-refractivity contribution in [1.82, 2.24) is 15.8 Å². The molecule has 1 aliphatic heterocycles. The molecular weight excluding hydrogens is 234 g/mol. The summed E-state index contributed by atoms with van der Waals surface area (Å²) in [6.07, 6.45) is 3.83. The first-order valence-electron chi connectivity index (χ1n) is 5.39. The van der Waals surface area contributed by atoms with Gasteiger partial charge in [0.15, 0.2) is 6.04 Å². The summed E-state index contributed by atoms with van der Waals surface area (Å²) in [7, 11) is 0. The van der Waals surface area contributed by atoms with E-state index in [2.05, 4.69) is 26.0 Å². The second-order valence-electron chi connectivity index (χ2n) is 3.83. The van der Waals surface area contributed by atoms with Crippen LogP contribution in [-0.2, 0) is 4.79 Å². The normalized spacial score (nSPS) is 23.7. The van der Waals surface area contributed by atoms with Gasteiger partial charge in [0.25, 0.3) is 5.91 Å². The molecule has 0 aliphatic carbocycles. The van der Waals surface area contributed by atoms with Crippen LogP contribution in [0.5, 0.6) is 0 Å². The zero-order valence-corrected chi connectivity index (χ0v) is 9.74. The molecule has 0 aromatic carbocycles. The van der Waals surface area contributed by atoms with Crippen LogP contribution in [0.2, 0.25) is 0 Å². The number of aromatic nitrogens is 1. The number of hydrogen-bond acceptors (Lipinski definition) is 6. The number of carbonyl (C=O) groups is 1. The fourth-order valence-corrected chi connectivity index (χ4v) is 1.44. The van der Waals surface area contributed by atoms with Crippen molar-refractivity contribution in [3.8, 4) is 0 Å². The Morgan fingerprint density at radius 1 is 1.61 bits per heavy atom. The van der Waals surface area contributed by atoms with E-state index in [1.807, 2.05) is 6.07 Å². The molecule has 3 N–H and O–H groups in total. The first-order valence-corrected chi connectivity index (χ1v) is 5.39. The van der Waals surface area contributed by atoms with Gasteiger partial charge in [0, 0.05) is 18.0 Å². The van der Waals surface area contributed by atoms with Crippen LogP contribution in [0.25, 0.3) is 0 Å². The zero-order valence-electron chi connectivity index (χ0n) is 9.74. The molecule has 0 bridgehead atoms. The van der Waals surface area contributed by atoms with Gasteiger partial charge in [-0.25, -0.2) is 5.43 Å². The summed E-state index contributed by atoms with van der Waals surface area (Å²) < 4.78 is 0. The fraction of sp³-hybridized carbons (Fsp3) is 0.273. The van der Waals surface area contributed by atoms with E-state index < -0.39 is 18.1 Å². The topological polar surface area (TPSA) is 99.0 Å². The molecule has 1 aliphatic rings. The second-order valence-corrected chi connectivity index (χ2v) is 3.83. The van der Waals surface area contributed by atoms with Crippen molar-refractivity contribution in [3.05, 3.63) is 30.1 Å². The number of nitrogens with zero attached hydrogens (tertiary/aromatic N) is 3. The number of amides is 1. The lowest BCUT2D eigenvalue weighted by molar-refractivity contribution is -0.125. The maximum Gasteiger partial charge on any atom is 0.267 e. The highest BCUT2D eigenvalue weighted by atomic mass is 16.3. The molecule has 7 nitrogen and oxygen atoms in total. The Balaban J connectivity index is 2.00. The van der Waals surface area contributed by atoms with E-state index in [9.17, 15) is 9.90 Å². The van der Waals surface area contributed by atoms with Gasteiger partial charge in [-0.15, -0.1) is 0 Å². The lowest BCUT2D eigenvalue weighted by atomic mass is 10.1. The predicted octanol–water partition coefficient (Wildman–Crippen LogP) is -0.760. The van der Waals surface area contributed by atoms with Crippen molar-refractivity contribution >= 4 is 17.8 Å². The molecule has 1 aromatic rings. The van der Waals surface area contributed by atoms with E-state index in [4.69, 9.17) is 0 Å². The molecule has 1 aromatic heterocycles. The summed E-state index contributed by atoms with van der Waals surface area (Å²) in [5.74, 6) is -0.420. The number of aliphatic hydroxyl groups excluding tert-OH is 1. The molecule has 0 saturated carbocycles. The average molecular weight is 247 g/mol. The number of pyridine rings is 1. The number of rotatable bonds is 3. The van der Waals surface area contributed by atoms with Crippen molar-refractivity contribution in [2.24, 2.45) is 10.2 Å². The van der Waals surface area contributed by atoms with Gasteiger partial charge in [-0.1, -0.05) is 6.07 Å². The van der Waals surface area contributed by atoms with Gasteiger partial charge in [0.05, 0.1) is 11.9 Å². The maximum absolute atomic E-state index is 11.5. The lowest BCUT2D eigenvalue weighted by Crippen LogP contribution is -2.54. The van der Waals surface area contributed by atoms with E-state index in [0.29, 0.717) is 5.71 Å². The van der Waals surface area contributed by atoms with Crippen LogP contribution >= 0.6 is 0 Å². The molecule has 18 heavy (non-hydrogen) atoms. The maximum atomic E-state index is 11.5. The van der Waals surface area contributed by atoms with E-state index >= 15 is 0 Å². The van der Waals surface area contributed by atoms with Gasteiger partial charge in [-0.2, -0.15) is 10.2 Å². The highest BCUT2D eigenvalue weighted by Crippen LogP contribution is 2.02. The number of aliphatic hydroxyl groups is 1. The summed E-state index contributed by atoms with van der Waals surface area (Å²) >= 11 is 0. The third-order valence-electron chi connectivity index (χ3n) is 2.48. The molecule has 1 amide bonds. The quantitative estimate of drug-likeness (QED) is 0.483. The fourth-order valence-electron chi connectivity index (χ4n) is 1.44. The van der Waals surface area contributed by atoms with Gasteiger partial charge in [0.2, 0.25) is 0 Å². The van der Waals surface area contributed by atoms with E-state index in [-0.39, 0.29) is 0 Å². The summed E-state index contributed by atoms with van der Waals surface area (Å²) in [6.45, 7) is 1.63. The number of carbonyl (C=O) groups excluding carboxylic acids is 1. The van der Waals surface area contributed by atoms with E-state index in [1.165, 1.54) is 6.21 Å². The minimum atomic E-state index is -0.982. The molecular formula is C11H13N5O2. The summed E-state index contributed by atoms with van der Waals surface area (Å²) in [4.78, 5) is 15.4. The van der Waals surface area contributed by atoms with Crippen LogP contribution < -0.4 is 10.9 Å². The third-order valence-corrected chi connectivity index (χ3v) is 2.48. The van der Waals surface area contributed by atoms with Crippen molar-refractivity contribution in [3.63, 3.8) is 0 Å². The van der Waals surface area contributed by atoms with Gasteiger partial charge < -0.3 is 5.11 Å². The van der Waals surface area contributed by atoms with Gasteiger partial charge in [-0.3, -0.25) is 15.2 Å². The third kappa shape index (κ3) is 2.69. The average Bonchev–Trinajstić information content (AvgIpc) is 2.39. The molecule has 94 valence electrons. The first-order chi connectivity index (χ1) is 8.68. The molecule has 0 spiro atoms. The van der Waals surface area contributed by atoms with Gasteiger partial charge in [0.1, 0.15) is 6.10 Å². The Labute approximate surface area is 104 Å². The molecule has 2 unspecified atom stereocenters. The van der Waals surface area contributed by atoms with E-state index in [1.54, 1.807) is 25.4 Å². The smallest absolute Gasteiger partial charge is 0.267 e. The molecule has 0 radical (unpaired) electrons. The Kier molecular flexibility index (Phi) is 3.63. The van der Waals surface area contributed by atoms with Crippen molar-refractivity contribution in [2.75, 3.05) is 0 Å². The number of nitrogens with one attached hydrogen (secondary N) is 2. The van der Waals surface area contributed by atoms with Crippen molar-refractivity contribution in [2.45, 2.75) is 19.1 Å². The summed E-state index contributed by atoms with van der Waals surface area (Å²) in [5, 5.41) is 17.3. The number of hydrazone groups is 2. The summed E-state index contributed by atoms with van der Waals surface area (Å²) in [5.41, 5.74) is 6.13. The first kappa shape index (κ1) is 12.2. The van der Waals surface area contributed by atoms with Gasteiger partial charge >= 0.3 is 0 Å². The Morgan fingerprint density at radius 2 is 2.44 bits per heavy atom. The summed E-state index contributed by atoms with van der Waals surface area (Å²) in [6, 6.07) is 2.76. The minimum Gasteiger partial charge on any atom is -0.384 e. The van der Waals surface area contributed by atoms with Crippen molar-refractivity contribution in [1.29, 1.82) is 0 Å². The predicted molar refractivity (Wildman–Crippen MR) is 66.0 cm³/mol. The molecule has 7 heteroatoms. The molecule has 2 rings (SSSR count). The zero-order chi connectivity index (χ0) is 13.0. The van der Waals surface area contributed by atoms with Crippen LogP contribution in [0.3, 0.4) is 0 Å². The van der Waals surface area contributed by atoms with Crippen LogP contribution in [0.15, 0.2) is 34.7 Å².